The Labute approximate surface area is 114 Å². The quantitative estimate of drug-likeness (QED) is 0.742. The van der Waals surface area contributed by atoms with Gasteiger partial charge in [0.25, 0.3) is 0 Å². The summed E-state index contributed by atoms with van der Waals surface area (Å²) in [5.74, 6) is 1.66. The lowest BCUT2D eigenvalue weighted by atomic mass is 9.61. The van der Waals surface area contributed by atoms with Gasteiger partial charge >= 0.3 is 0 Å². The third-order valence-corrected chi connectivity index (χ3v) is 4.69. The molecule has 0 saturated carbocycles. The van der Waals surface area contributed by atoms with Crippen LogP contribution in [0.1, 0.15) is 42.0 Å². The van der Waals surface area contributed by atoms with Gasteiger partial charge in [0.2, 0.25) is 0 Å². The molecule has 1 aliphatic carbocycles. The number of hydrogen-bond acceptors (Lipinski definition) is 1. The van der Waals surface area contributed by atoms with E-state index in [-0.39, 0.29) is 5.41 Å². The van der Waals surface area contributed by atoms with Gasteiger partial charge < -0.3 is 4.74 Å². The van der Waals surface area contributed by atoms with E-state index in [0.29, 0.717) is 5.92 Å². The van der Waals surface area contributed by atoms with Crippen molar-refractivity contribution in [3.05, 3.63) is 64.7 Å². The molecule has 1 heterocycles. The Hall–Kier alpha value is -1.76. The van der Waals surface area contributed by atoms with Crippen LogP contribution in [0.25, 0.3) is 0 Å². The number of benzene rings is 2. The molecule has 0 bridgehead atoms. The lowest BCUT2D eigenvalue weighted by molar-refractivity contribution is 0.273. The maximum absolute atomic E-state index is 5.91. The number of ether oxygens (including phenoxy) is 1. The second kappa shape index (κ2) is 3.63. The summed E-state index contributed by atoms with van der Waals surface area (Å²) in [4.78, 5) is 0. The Morgan fingerprint density at radius 3 is 2.74 bits per heavy atom. The second-order valence-corrected chi connectivity index (χ2v) is 6.12. The normalized spacial score (nSPS) is 22.9. The highest BCUT2D eigenvalue weighted by molar-refractivity contribution is 5.60. The van der Waals surface area contributed by atoms with Crippen molar-refractivity contribution in [2.75, 3.05) is 6.61 Å². The lowest BCUT2D eigenvalue weighted by Gasteiger charge is -2.40. The first-order chi connectivity index (χ1) is 9.21. The van der Waals surface area contributed by atoms with Crippen molar-refractivity contribution < 1.29 is 4.74 Å². The molecule has 0 aromatic heterocycles. The Morgan fingerprint density at radius 2 is 1.89 bits per heavy atom. The van der Waals surface area contributed by atoms with E-state index in [1.165, 1.54) is 22.3 Å². The first kappa shape index (κ1) is 11.1. The van der Waals surface area contributed by atoms with E-state index in [9.17, 15) is 0 Å². The fourth-order valence-electron chi connectivity index (χ4n) is 3.50. The highest BCUT2D eigenvalue weighted by atomic mass is 16.5. The van der Waals surface area contributed by atoms with Crippen molar-refractivity contribution in [2.45, 2.75) is 31.6 Å². The van der Waals surface area contributed by atoms with Crippen LogP contribution in [0.4, 0.5) is 0 Å². The van der Waals surface area contributed by atoms with E-state index >= 15 is 0 Å². The number of para-hydroxylation sites is 1. The third kappa shape index (κ3) is 1.36. The van der Waals surface area contributed by atoms with Gasteiger partial charge in [0.05, 0.1) is 5.41 Å². The molecule has 2 aromatic carbocycles. The standard InChI is InChI=1S/C18H18O/c1-12(2)13-7-8-14-10-18(16(14)9-13)11-19-17-6-4-3-5-15(17)18/h3-9,12H,10-11H2,1-2H3/t18-/m1/s1. The van der Waals surface area contributed by atoms with E-state index in [1.54, 1.807) is 0 Å². The summed E-state index contributed by atoms with van der Waals surface area (Å²) >= 11 is 0. The van der Waals surface area contributed by atoms with Crippen LogP contribution in [-0.4, -0.2) is 6.61 Å². The van der Waals surface area contributed by atoms with Crippen LogP contribution < -0.4 is 4.74 Å². The van der Waals surface area contributed by atoms with Crippen LogP contribution in [0.5, 0.6) is 5.75 Å². The highest BCUT2D eigenvalue weighted by Gasteiger charge is 2.49. The average molecular weight is 250 g/mol. The topological polar surface area (TPSA) is 9.23 Å². The Morgan fingerprint density at radius 1 is 1.05 bits per heavy atom. The Balaban J connectivity index is 1.86. The van der Waals surface area contributed by atoms with Crippen LogP contribution >= 0.6 is 0 Å². The van der Waals surface area contributed by atoms with E-state index in [2.05, 4.69) is 56.3 Å². The van der Waals surface area contributed by atoms with Gasteiger partial charge in [-0.05, 0) is 35.1 Å². The van der Waals surface area contributed by atoms with Crippen LogP contribution in [0, 0.1) is 0 Å². The molecule has 1 atom stereocenters. The van der Waals surface area contributed by atoms with Gasteiger partial charge in [-0.25, -0.2) is 0 Å². The second-order valence-electron chi connectivity index (χ2n) is 6.12. The van der Waals surface area contributed by atoms with Crippen molar-refractivity contribution in [1.29, 1.82) is 0 Å². The third-order valence-electron chi connectivity index (χ3n) is 4.69. The maximum Gasteiger partial charge on any atom is 0.123 e. The lowest BCUT2D eigenvalue weighted by Crippen LogP contribution is -2.41. The van der Waals surface area contributed by atoms with E-state index in [1.807, 2.05) is 0 Å². The van der Waals surface area contributed by atoms with Crippen molar-refractivity contribution in [3.63, 3.8) is 0 Å². The van der Waals surface area contributed by atoms with E-state index in [4.69, 9.17) is 4.74 Å². The zero-order chi connectivity index (χ0) is 13.0. The van der Waals surface area contributed by atoms with Gasteiger partial charge in [-0.2, -0.15) is 0 Å². The minimum atomic E-state index is 0.136. The van der Waals surface area contributed by atoms with Gasteiger partial charge in [-0.1, -0.05) is 50.2 Å². The summed E-state index contributed by atoms with van der Waals surface area (Å²) in [5, 5.41) is 0. The molecule has 19 heavy (non-hydrogen) atoms. The first-order valence-corrected chi connectivity index (χ1v) is 7.06. The molecular weight excluding hydrogens is 232 g/mol. The zero-order valence-corrected chi connectivity index (χ0v) is 11.4. The summed E-state index contributed by atoms with van der Waals surface area (Å²) < 4.78 is 5.91. The monoisotopic (exact) mass is 250 g/mol. The SMILES string of the molecule is CC(C)c1ccc2c(c1)[C@@]1(COc3ccccc31)C2. The molecule has 0 unspecified atom stereocenters. The van der Waals surface area contributed by atoms with Gasteiger partial charge in [-0.15, -0.1) is 0 Å². The molecule has 1 aliphatic heterocycles. The molecule has 0 N–H and O–H groups in total. The molecule has 0 saturated heterocycles. The molecule has 1 spiro atoms. The molecule has 0 amide bonds. The van der Waals surface area contributed by atoms with Crippen molar-refractivity contribution in [3.8, 4) is 5.75 Å². The van der Waals surface area contributed by atoms with Gasteiger partial charge in [0, 0.05) is 5.56 Å². The fourth-order valence-corrected chi connectivity index (χ4v) is 3.50. The average Bonchev–Trinajstić information content (AvgIpc) is 2.79. The summed E-state index contributed by atoms with van der Waals surface area (Å²) in [7, 11) is 0. The van der Waals surface area contributed by atoms with Crippen LogP contribution in [0.3, 0.4) is 0 Å². The number of rotatable bonds is 1. The minimum absolute atomic E-state index is 0.136. The zero-order valence-electron chi connectivity index (χ0n) is 11.4. The smallest absolute Gasteiger partial charge is 0.123 e. The molecular formula is C18H18O. The number of fused-ring (bicyclic) bond motifs is 4. The first-order valence-electron chi connectivity index (χ1n) is 7.06. The van der Waals surface area contributed by atoms with Crippen LogP contribution in [0.2, 0.25) is 0 Å². The molecule has 1 nitrogen and oxygen atoms in total. The molecule has 0 radical (unpaired) electrons. The predicted octanol–water partition coefficient (Wildman–Crippen LogP) is 4.04. The number of hydrogen-bond donors (Lipinski definition) is 0. The van der Waals surface area contributed by atoms with Crippen molar-refractivity contribution in [1.82, 2.24) is 0 Å². The fraction of sp³-hybridized carbons (Fsp3) is 0.333. The van der Waals surface area contributed by atoms with Gasteiger partial charge in [-0.3, -0.25) is 0 Å². The summed E-state index contributed by atoms with van der Waals surface area (Å²) in [5.41, 5.74) is 5.93. The summed E-state index contributed by atoms with van der Waals surface area (Å²) in [6.45, 7) is 5.32. The summed E-state index contributed by atoms with van der Waals surface area (Å²) in [6.07, 6.45) is 1.12. The molecule has 4 rings (SSSR count). The minimum Gasteiger partial charge on any atom is -0.492 e. The van der Waals surface area contributed by atoms with Crippen LogP contribution in [0.15, 0.2) is 42.5 Å². The van der Waals surface area contributed by atoms with Gasteiger partial charge in [0.1, 0.15) is 12.4 Å². The van der Waals surface area contributed by atoms with Crippen LogP contribution in [-0.2, 0) is 11.8 Å². The maximum atomic E-state index is 5.91. The van der Waals surface area contributed by atoms with Crippen molar-refractivity contribution in [2.24, 2.45) is 0 Å². The Bertz CT molecular complexity index is 656. The highest BCUT2D eigenvalue weighted by Crippen LogP contribution is 2.53. The summed E-state index contributed by atoms with van der Waals surface area (Å²) in [6, 6.07) is 15.5. The van der Waals surface area contributed by atoms with E-state index in [0.717, 1.165) is 18.8 Å². The largest absolute Gasteiger partial charge is 0.492 e. The predicted molar refractivity (Wildman–Crippen MR) is 77.0 cm³/mol. The Kier molecular flexibility index (Phi) is 2.12. The van der Waals surface area contributed by atoms with E-state index < -0.39 is 0 Å². The van der Waals surface area contributed by atoms with Crippen molar-refractivity contribution >= 4 is 0 Å². The molecule has 2 aliphatic rings. The van der Waals surface area contributed by atoms with Gasteiger partial charge in [0.15, 0.2) is 0 Å². The molecule has 1 heteroatoms. The molecule has 96 valence electrons. The molecule has 0 fully saturated rings. The molecule has 2 aromatic rings.